The first-order valence-corrected chi connectivity index (χ1v) is 11.2. The molecule has 1 fully saturated rings. The van der Waals surface area contributed by atoms with Crippen LogP contribution in [0.15, 0.2) is 41.8 Å². The standard InChI is InChI=1S/C24H31NO2S/c1-4-27-24(26)20-10-7-14-25(17-20)15-8-12-22(23-19(3)13-16-28-23)21-11-6-5-9-18(21)2/h5-6,9,11-13,16,20H,4,7-8,10,14-15,17H2,1-3H3. The molecule has 4 heteroatoms. The number of thiophene rings is 1. The molecule has 1 aromatic carbocycles. The Morgan fingerprint density at radius 3 is 2.79 bits per heavy atom. The third-order valence-corrected chi connectivity index (χ3v) is 6.51. The molecule has 0 amide bonds. The number of rotatable bonds is 7. The van der Waals surface area contributed by atoms with E-state index < -0.39 is 0 Å². The zero-order valence-corrected chi connectivity index (χ0v) is 18.1. The number of benzene rings is 1. The molecule has 2 heterocycles. The van der Waals surface area contributed by atoms with Gasteiger partial charge in [-0.15, -0.1) is 11.3 Å². The second kappa shape index (κ2) is 10.0. The Kier molecular flexibility index (Phi) is 7.46. The summed E-state index contributed by atoms with van der Waals surface area (Å²) in [5.41, 5.74) is 5.29. The first-order chi connectivity index (χ1) is 13.6. The smallest absolute Gasteiger partial charge is 0.310 e. The summed E-state index contributed by atoms with van der Waals surface area (Å²) in [4.78, 5) is 15.9. The zero-order chi connectivity index (χ0) is 19.9. The van der Waals surface area contributed by atoms with Crippen LogP contribution in [0.2, 0.25) is 0 Å². The summed E-state index contributed by atoms with van der Waals surface area (Å²) < 4.78 is 5.23. The van der Waals surface area contributed by atoms with Gasteiger partial charge in [0.1, 0.15) is 0 Å². The Labute approximate surface area is 173 Å². The molecular weight excluding hydrogens is 366 g/mol. The van der Waals surface area contributed by atoms with Crippen LogP contribution in [0.25, 0.3) is 5.57 Å². The van der Waals surface area contributed by atoms with Gasteiger partial charge < -0.3 is 9.64 Å². The monoisotopic (exact) mass is 397 g/mol. The van der Waals surface area contributed by atoms with Gasteiger partial charge in [-0.3, -0.25) is 4.79 Å². The minimum absolute atomic E-state index is 0.0300. The molecule has 1 aromatic heterocycles. The number of piperidine rings is 1. The van der Waals surface area contributed by atoms with Crippen LogP contribution < -0.4 is 0 Å². The van der Waals surface area contributed by atoms with Crippen molar-refractivity contribution in [1.29, 1.82) is 0 Å². The highest BCUT2D eigenvalue weighted by Crippen LogP contribution is 2.32. The molecule has 0 bridgehead atoms. The first kappa shape index (κ1) is 20.8. The van der Waals surface area contributed by atoms with E-state index in [1.807, 2.05) is 18.3 Å². The number of hydrogen-bond donors (Lipinski definition) is 0. The van der Waals surface area contributed by atoms with Crippen LogP contribution in [0, 0.1) is 19.8 Å². The van der Waals surface area contributed by atoms with Gasteiger partial charge in [-0.2, -0.15) is 0 Å². The summed E-state index contributed by atoms with van der Waals surface area (Å²) in [7, 11) is 0. The van der Waals surface area contributed by atoms with Crippen molar-refractivity contribution in [3.63, 3.8) is 0 Å². The second-order valence-electron chi connectivity index (χ2n) is 7.55. The van der Waals surface area contributed by atoms with Crippen LogP contribution in [0.1, 0.15) is 47.8 Å². The van der Waals surface area contributed by atoms with Crippen LogP contribution in [0.5, 0.6) is 0 Å². The third kappa shape index (κ3) is 5.12. The van der Waals surface area contributed by atoms with Crippen LogP contribution >= 0.6 is 11.3 Å². The van der Waals surface area contributed by atoms with Crippen molar-refractivity contribution < 1.29 is 9.53 Å². The maximum Gasteiger partial charge on any atom is 0.310 e. The largest absolute Gasteiger partial charge is 0.466 e. The van der Waals surface area contributed by atoms with Gasteiger partial charge >= 0.3 is 5.97 Å². The maximum absolute atomic E-state index is 12.1. The Bertz CT molecular complexity index is 824. The Morgan fingerprint density at radius 1 is 1.25 bits per heavy atom. The van der Waals surface area contributed by atoms with Crippen molar-refractivity contribution in [3.8, 4) is 0 Å². The van der Waals surface area contributed by atoms with Gasteiger partial charge in [0.15, 0.2) is 0 Å². The molecule has 1 atom stereocenters. The lowest BCUT2D eigenvalue weighted by atomic mass is 9.96. The summed E-state index contributed by atoms with van der Waals surface area (Å²) >= 11 is 1.81. The topological polar surface area (TPSA) is 29.5 Å². The predicted octanol–water partition coefficient (Wildman–Crippen LogP) is 5.46. The molecule has 1 saturated heterocycles. The molecule has 28 heavy (non-hydrogen) atoms. The number of aryl methyl sites for hydroxylation is 2. The van der Waals surface area contributed by atoms with E-state index in [0.29, 0.717) is 6.61 Å². The van der Waals surface area contributed by atoms with Crippen molar-refractivity contribution in [2.75, 3.05) is 26.2 Å². The van der Waals surface area contributed by atoms with Crippen molar-refractivity contribution in [2.45, 2.75) is 40.0 Å². The fraction of sp³-hybridized carbons (Fsp3) is 0.458. The van der Waals surface area contributed by atoms with E-state index in [1.165, 1.54) is 27.1 Å². The average Bonchev–Trinajstić information content (AvgIpc) is 3.12. The lowest BCUT2D eigenvalue weighted by Crippen LogP contribution is -2.39. The zero-order valence-electron chi connectivity index (χ0n) is 17.2. The summed E-state index contributed by atoms with van der Waals surface area (Å²) in [6.07, 6.45) is 5.39. The van der Waals surface area contributed by atoms with Crippen LogP contribution in [0.3, 0.4) is 0 Å². The van der Waals surface area contributed by atoms with Crippen molar-refractivity contribution >= 4 is 22.9 Å². The van der Waals surface area contributed by atoms with Crippen molar-refractivity contribution in [1.82, 2.24) is 4.90 Å². The Morgan fingerprint density at radius 2 is 2.07 bits per heavy atom. The van der Waals surface area contributed by atoms with Gasteiger partial charge in [0.05, 0.1) is 12.5 Å². The van der Waals surface area contributed by atoms with E-state index in [0.717, 1.165) is 38.9 Å². The molecule has 3 nitrogen and oxygen atoms in total. The molecule has 0 N–H and O–H groups in total. The SMILES string of the molecule is CCOC(=O)C1CCCN(CCC=C(c2ccccc2C)c2sccc2C)C1. The van der Waals surface area contributed by atoms with Gasteiger partial charge in [-0.1, -0.05) is 30.3 Å². The van der Waals surface area contributed by atoms with E-state index in [-0.39, 0.29) is 11.9 Å². The van der Waals surface area contributed by atoms with Crippen LogP contribution in [-0.4, -0.2) is 37.1 Å². The molecule has 1 aliphatic rings. The number of carbonyl (C=O) groups is 1. The Balaban J connectivity index is 1.71. The predicted molar refractivity (Wildman–Crippen MR) is 118 cm³/mol. The summed E-state index contributed by atoms with van der Waals surface area (Å²) in [5, 5.41) is 2.17. The fourth-order valence-electron chi connectivity index (χ4n) is 3.95. The number of ether oxygens (including phenoxy) is 1. The normalized spacial score (nSPS) is 18.2. The van der Waals surface area contributed by atoms with Gasteiger partial charge in [0, 0.05) is 18.0 Å². The molecule has 3 rings (SSSR count). The van der Waals surface area contributed by atoms with Crippen LogP contribution in [-0.2, 0) is 9.53 Å². The lowest BCUT2D eigenvalue weighted by Gasteiger charge is -2.31. The first-order valence-electron chi connectivity index (χ1n) is 10.3. The molecule has 0 radical (unpaired) electrons. The summed E-state index contributed by atoms with van der Waals surface area (Å²) in [6, 6.07) is 10.8. The van der Waals surface area contributed by atoms with E-state index >= 15 is 0 Å². The van der Waals surface area contributed by atoms with Gasteiger partial charge in [0.2, 0.25) is 0 Å². The number of hydrogen-bond acceptors (Lipinski definition) is 4. The van der Waals surface area contributed by atoms with Gasteiger partial charge in [-0.05, 0) is 80.3 Å². The van der Waals surface area contributed by atoms with E-state index in [1.54, 1.807) is 0 Å². The summed E-state index contributed by atoms with van der Waals surface area (Å²) in [5.74, 6) is 0.00519. The van der Waals surface area contributed by atoms with Gasteiger partial charge in [0.25, 0.3) is 0 Å². The van der Waals surface area contributed by atoms with E-state index in [9.17, 15) is 4.79 Å². The highest BCUT2D eigenvalue weighted by atomic mass is 32.1. The van der Waals surface area contributed by atoms with Crippen LogP contribution in [0.4, 0.5) is 0 Å². The highest BCUT2D eigenvalue weighted by molar-refractivity contribution is 7.11. The number of carbonyl (C=O) groups excluding carboxylic acids is 1. The lowest BCUT2D eigenvalue weighted by molar-refractivity contribution is -0.149. The summed E-state index contributed by atoms with van der Waals surface area (Å²) in [6.45, 7) is 9.59. The fourth-order valence-corrected chi connectivity index (χ4v) is 4.93. The van der Waals surface area contributed by atoms with Gasteiger partial charge in [-0.25, -0.2) is 0 Å². The molecule has 150 valence electrons. The molecule has 0 spiro atoms. The minimum atomic E-state index is -0.0300. The molecular formula is C24H31NO2S. The highest BCUT2D eigenvalue weighted by Gasteiger charge is 2.26. The number of esters is 1. The number of likely N-dealkylation sites (tertiary alicyclic amines) is 1. The molecule has 1 unspecified atom stereocenters. The minimum Gasteiger partial charge on any atom is -0.466 e. The molecule has 0 aliphatic carbocycles. The quantitative estimate of drug-likeness (QED) is 0.581. The third-order valence-electron chi connectivity index (χ3n) is 5.46. The van der Waals surface area contributed by atoms with E-state index in [4.69, 9.17) is 4.74 Å². The molecule has 2 aromatic rings. The number of nitrogens with zero attached hydrogens (tertiary/aromatic N) is 1. The molecule has 0 saturated carbocycles. The Hall–Kier alpha value is -1.91. The second-order valence-corrected chi connectivity index (χ2v) is 8.46. The molecule has 1 aliphatic heterocycles. The van der Waals surface area contributed by atoms with E-state index in [2.05, 4.69) is 60.5 Å². The van der Waals surface area contributed by atoms with Crippen molar-refractivity contribution in [3.05, 3.63) is 63.4 Å². The maximum atomic E-state index is 12.1. The average molecular weight is 398 g/mol. The van der Waals surface area contributed by atoms with Crippen molar-refractivity contribution in [2.24, 2.45) is 5.92 Å².